The molecule has 2 rings (SSSR count). The Balaban J connectivity index is 0.00000242. The van der Waals surface area contributed by atoms with Crippen molar-refractivity contribution in [3.8, 4) is 0 Å². The zero-order chi connectivity index (χ0) is 15.6. The summed E-state index contributed by atoms with van der Waals surface area (Å²) in [4.78, 5) is 12.0. The first-order chi connectivity index (χ1) is 9.79. The zero-order valence-corrected chi connectivity index (χ0v) is 12.7. The molecule has 2 N–H and O–H groups in total. The summed E-state index contributed by atoms with van der Waals surface area (Å²) in [6.45, 7) is 2.65. The van der Waals surface area contributed by atoms with Gasteiger partial charge in [-0.1, -0.05) is 6.07 Å². The lowest BCUT2D eigenvalue weighted by atomic mass is 10.00. The maximum Gasteiger partial charge on any atom is 0.419 e. The molecule has 0 radical (unpaired) electrons. The minimum Gasteiger partial charge on any atom is -0.349 e. The number of hydrogen-bond donors (Lipinski definition) is 2. The van der Waals surface area contributed by atoms with E-state index in [4.69, 9.17) is 0 Å². The Morgan fingerprint density at radius 1 is 1.36 bits per heavy atom. The van der Waals surface area contributed by atoms with E-state index in [0.717, 1.165) is 12.1 Å². The van der Waals surface area contributed by atoms with Crippen LogP contribution in [-0.2, 0) is 6.18 Å². The molecule has 2 atom stereocenters. The number of hydrogen-bond acceptors (Lipinski definition) is 2. The average molecular weight is 341 g/mol. The molecule has 1 fully saturated rings. The third kappa shape index (κ3) is 4.33. The lowest BCUT2D eigenvalue weighted by molar-refractivity contribution is -0.140. The maximum absolute atomic E-state index is 13.9. The zero-order valence-electron chi connectivity index (χ0n) is 11.8. The summed E-state index contributed by atoms with van der Waals surface area (Å²) >= 11 is 0. The van der Waals surface area contributed by atoms with Gasteiger partial charge in [0.2, 0.25) is 0 Å². The molecule has 1 amide bonds. The molecule has 3 nitrogen and oxygen atoms in total. The van der Waals surface area contributed by atoms with Crippen LogP contribution >= 0.6 is 12.4 Å². The second-order valence-corrected chi connectivity index (χ2v) is 5.21. The predicted octanol–water partition coefficient (Wildman–Crippen LogP) is 3.14. The van der Waals surface area contributed by atoms with Gasteiger partial charge in [0.15, 0.2) is 0 Å². The monoisotopic (exact) mass is 340 g/mol. The van der Waals surface area contributed by atoms with Crippen LogP contribution < -0.4 is 10.6 Å². The molecule has 22 heavy (non-hydrogen) atoms. The molecule has 1 aromatic rings. The van der Waals surface area contributed by atoms with Gasteiger partial charge in [-0.05, 0) is 38.4 Å². The van der Waals surface area contributed by atoms with E-state index in [1.807, 2.05) is 6.92 Å². The first-order valence-corrected chi connectivity index (χ1v) is 6.69. The van der Waals surface area contributed by atoms with Crippen molar-refractivity contribution < 1.29 is 22.4 Å². The van der Waals surface area contributed by atoms with Crippen LogP contribution in [0.25, 0.3) is 0 Å². The highest BCUT2D eigenvalue weighted by Gasteiger charge is 2.36. The van der Waals surface area contributed by atoms with Gasteiger partial charge >= 0.3 is 6.18 Å². The molecule has 1 heterocycles. The molecule has 8 heteroatoms. The quantitative estimate of drug-likeness (QED) is 0.812. The fraction of sp³-hybridized carbons (Fsp3) is 0.500. The SMILES string of the molecule is CC1CC(NC(=O)c2cccc(C(F)(F)F)c2F)CCN1.Cl. The van der Waals surface area contributed by atoms with Crippen LogP contribution in [0.5, 0.6) is 0 Å². The molecule has 0 spiro atoms. The topological polar surface area (TPSA) is 41.1 Å². The molecular weight excluding hydrogens is 324 g/mol. The van der Waals surface area contributed by atoms with Crippen LogP contribution in [0.3, 0.4) is 0 Å². The van der Waals surface area contributed by atoms with Crippen molar-refractivity contribution >= 4 is 18.3 Å². The summed E-state index contributed by atoms with van der Waals surface area (Å²) in [6.07, 6.45) is -3.49. The number of carbonyl (C=O) groups is 1. The number of rotatable bonds is 2. The Morgan fingerprint density at radius 2 is 2.05 bits per heavy atom. The maximum atomic E-state index is 13.9. The van der Waals surface area contributed by atoms with Crippen LogP contribution in [0.2, 0.25) is 0 Å². The first-order valence-electron chi connectivity index (χ1n) is 6.69. The van der Waals surface area contributed by atoms with E-state index >= 15 is 0 Å². The van der Waals surface area contributed by atoms with Crippen LogP contribution in [-0.4, -0.2) is 24.5 Å². The predicted molar refractivity (Wildman–Crippen MR) is 76.6 cm³/mol. The van der Waals surface area contributed by atoms with Crippen molar-refractivity contribution in [2.24, 2.45) is 0 Å². The second-order valence-electron chi connectivity index (χ2n) is 5.21. The lowest BCUT2D eigenvalue weighted by Gasteiger charge is -2.28. The van der Waals surface area contributed by atoms with Crippen molar-refractivity contribution in [3.05, 3.63) is 35.1 Å². The van der Waals surface area contributed by atoms with Crippen molar-refractivity contribution in [1.82, 2.24) is 10.6 Å². The van der Waals surface area contributed by atoms with Gasteiger partial charge in [0, 0.05) is 12.1 Å². The fourth-order valence-electron chi connectivity index (χ4n) is 2.45. The number of piperidine rings is 1. The molecule has 124 valence electrons. The second kappa shape index (κ2) is 7.28. The summed E-state index contributed by atoms with van der Waals surface area (Å²) in [7, 11) is 0. The van der Waals surface area contributed by atoms with Gasteiger partial charge in [-0.3, -0.25) is 4.79 Å². The van der Waals surface area contributed by atoms with Crippen molar-refractivity contribution in [3.63, 3.8) is 0 Å². The van der Waals surface area contributed by atoms with Crippen molar-refractivity contribution in [2.45, 2.75) is 38.0 Å². The Kier molecular flexibility index (Phi) is 6.19. The van der Waals surface area contributed by atoms with Gasteiger partial charge < -0.3 is 10.6 Å². The van der Waals surface area contributed by atoms with E-state index in [1.165, 1.54) is 0 Å². The molecule has 0 bridgehead atoms. The van der Waals surface area contributed by atoms with E-state index < -0.39 is 29.0 Å². The van der Waals surface area contributed by atoms with Gasteiger partial charge in [-0.15, -0.1) is 12.4 Å². The number of benzene rings is 1. The van der Waals surface area contributed by atoms with E-state index in [1.54, 1.807) is 0 Å². The largest absolute Gasteiger partial charge is 0.419 e. The van der Waals surface area contributed by atoms with E-state index in [-0.39, 0.29) is 24.5 Å². The van der Waals surface area contributed by atoms with Gasteiger partial charge in [0.1, 0.15) is 5.82 Å². The summed E-state index contributed by atoms with van der Waals surface area (Å²) in [5, 5.41) is 5.79. The molecule has 1 saturated heterocycles. The normalized spacial score (nSPS) is 21.9. The summed E-state index contributed by atoms with van der Waals surface area (Å²) in [5.74, 6) is -2.33. The van der Waals surface area contributed by atoms with E-state index in [2.05, 4.69) is 10.6 Å². The van der Waals surface area contributed by atoms with E-state index in [0.29, 0.717) is 25.5 Å². The van der Waals surface area contributed by atoms with Gasteiger partial charge in [0.25, 0.3) is 5.91 Å². The summed E-state index contributed by atoms with van der Waals surface area (Å²) in [5.41, 5.74) is -2.00. The number of alkyl halides is 3. The summed E-state index contributed by atoms with van der Waals surface area (Å²) < 4.78 is 51.7. The Morgan fingerprint density at radius 3 is 2.64 bits per heavy atom. The number of carbonyl (C=O) groups excluding carboxylic acids is 1. The molecule has 1 aliphatic heterocycles. The molecule has 1 aliphatic rings. The number of amides is 1. The van der Waals surface area contributed by atoms with Crippen molar-refractivity contribution in [2.75, 3.05) is 6.54 Å². The highest BCUT2D eigenvalue weighted by molar-refractivity contribution is 5.94. The highest BCUT2D eigenvalue weighted by atomic mass is 35.5. The fourth-order valence-corrected chi connectivity index (χ4v) is 2.45. The Labute approximate surface area is 131 Å². The average Bonchev–Trinajstić information content (AvgIpc) is 2.37. The standard InChI is InChI=1S/C14H16F4N2O.ClH/c1-8-7-9(5-6-19-8)20-13(21)10-3-2-4-11(12(10)15)14(16,17)18;/h2-4,8-9,19H,5-7H2,1H3,(H,20,21);1H. The summed E-state index contributed by atoms with van der Waals surface area (Å²) in [6, 6.07) is 2.76. The van der Waals surface area contributed by atoms with Crippen LogP contribution in [0, 0.1) is 5.82 Å². The van der Waals surface area contributed by atoms with Gasteiger partial charge in [-0.25, -0.2) is 4.39 Å². The molecule has 2 unspecified atom stereocenters. The highest BCUT2D eigenvalue weighted by Crippen LogP contribution is 2.32. The van der Waals surface area contributed by atoms with Crippen LogP contribution in [0.1, 0.15) is 35.7 Å². The lowest BCUT2D eigenvalue weighted by Crippen LogP contribution is -2.46. The molecule has 0 aromatic heterocycles. The van der Waals surface area contributed by atoms with Crippen LogP contribution in [0.15, 0.2) is 18.2 Å². The smallest absolute Gasteiger partial charge is 0.349 e. The molecule has 0 aliphatic carbocycles. The third-order valence-electron chi connectivity index (χ3n) is 3.51. The molecular formula is C14H17ClF4N2O. The minimum atomic E-state index is -4.82. The van der Waals surface area contributed by atoms with Crippen LogP contribution in [0.4, 0.5) is 17.6 Å². The van der Waals surface area contributed by atoms with Gasteiger partial charge in [0.05, 0.1) is 11.1 Å². The number of halogens is 5. The van der Waals surface area contributed by atoms with Crippen molar-refractivity contribution in [1.29, 1.82) is 0 Å². The third-order valence-corrected chi connectivity index (χ3v) is 3.51. The minimum absolute atomic E-state index is 0. The Hall–Kier alpha value is -1.34. The first kappa shape index (κ1) is 18.7. The Bertz CT molecular complexity index is 536. The molecule has 1 aromatic carbocycles. The molecule has 0 saturated carbocycles. The van der Waals surface area contributed by atoms with E-state index in [9.17, 15) is 22.4 Å². The number of nitrogens with one attached hydrogen (secondary N) is 2. The van der Waals surface area contributed by atoms with Gasteiger partial charge in [-0.2, -0.15) is 13.2 Å².